The Morgan fingerprint density at radius 3 is 2.40 bits per heavy atom. The van der Waals surface area contributed by atoms with Crippen LogP contribution in [0, 0.1) is 33.5 Å². The van der Waals surface area contributed by atoms with E-state index >= 15 is 0 Å². The highest BCUT2D eigenvalue weighted by Gasteiger charge is 2.16. The van der Waals surface area contributed by atoms with E-state index in [1.54, 1.807) is 0 Å². The number of fused-ring (bicyclic) bond motifs is 1. The maximum Gasteiger partial charge on any atom is 0.132 e. The lowest BCUT2D eigenvalue weighted by atomic mass is 10.1. The smallest absolute Gasteiger partial charge is 0.132 e. The molecule has 0 atom stereocenters. The first-order chi connectivity index (χ1) is 13.9. The van der Waals surface area contributed by atoms with Crippen LogP contribution >= 0.6 is 12.4 Å². The van der Waals surface area contributed by atoms with Crippen LogP contribution in [-0.4, -0.2) is 9.55 Å². The van der Waals surface area contributed by atoms with Gasteiger partial charge in [-0.05, 0) is 68.7 Å². The van der Waals surface area contributed by atoms with Gasteiger partial charge in [-0.25, -0.2) is 4.39 Å². The average Bonchev–Trinajstić information content (AvgIpc) is 2.94. The van der Waals surface area contributed by atoms with Crippen LogP contribution in [0.1, 0.15) is 33.6 Å². The summed E-state index contributed by atoms with van der Waals surface area (Å²) in [6.07, 6.45) is 1.84. The lowest BCUT2D eigenvalue weighted by Gasteiger charge is -2.13. The number of hydrogen-bond acceptors (Lipinski definition) is 2. The molecule has 0 aliphatic rings. The zero-order chi connectivity index (χ0) is 20.5. The van der Waals surface area contributed by atoms with E-state index in [9.17, 15) is 4.39 Å². The third kappa shape index (κ3) is 4.19. The summed E-state index contributed by atoms with van der Waals surface area (Å²) >= 11 is 0. The highest BCUT2D eigenvalue weighted by atomic mass is 35.5. The second-order valence-electron chi connectivity index (χ2n) is 7.63. The molecule has 2 aromatic heterocycles. The number of benzene rings is 2. The molecule has 0 saturated carbocycles. The summed E-state index contributed by atoms with van der Waals surface area (Å²) < 4.78 is 21.7. The lowest BCUT2D eigenvalue weighted by Crippen LogP contribution is -2.07. The molecule has 0 aliphatic heterocycles. The van der Waals surface area contributed by atoms with Crippen molar-refractivity contribution in [2.75, 3.05) is 0 Å². The van der Waals surface area contributed by atoms with Gasteiger partial charge in [-0.15, -0.1) is 12.4 Å². The maximum atomic E-state index is 13.3. The second kappa shape index (κ2) is 8.88. The van der Waals surface area contributed by atoms with Gasteiger partial charge < -0.3 is 9.30 Å². The third-order valence-electron chi connectivity index (χ3n) is 5.57. The molecule has 2 aromatic carbocycles. The number of ether oxygens (including phenoxy) is 1. The molecule has 0 unspecified atom stereocenters. The van der Waals surface area contributed by atoms with Crippen LogP contribution in [0.2, 0.25) is 0 Å². The first-order valence-corrected chi connectivity index (χ1v) is 9.82. The molecular weight excluding hydrogens is 399 g/mol. The van der Waals surface area contributed by atoms with Crippen molar-refractivity contribution in [3.05, 3.63) is 94.2 Å². The monoisotopic (exact) mass is 424 g/mol. The van der Waals surface area contributed by atoms with Crippen molar-refractivity contribution in [1.82, 2.24) is 9.55 Å². The zero-order valence-electron chi connectivity index (χ0n) is 17.7. The number of halogens is 2. The van der Waals surface area contributed by atoms with Crippen molar-refractivity contribution in [1.29, 1.82) is 0 Å². The molecule has 0 amide bonds. The summed E-state index contributed by atoms with van der Waals surface area (Å²) in [4.78, 5) is 4.63. The second-order valence-corrected chi connectivity index (χ2v) is 7.63. The lowest BCUT2D eigenvalue weighted by molar-refractivity contribution is 0.300. The molecule has 0 saturated heterocycles. The molecule has 3 nitrogen and oxygen atoms in total. The van der Waals surface area contributed by atoms with Crippen LogP contribution in [0.15, 0.2) is 54.7 Å². The molecule has 4 aromatic rings. The van der Waals surface area contributed by atoms with Crippen molar-refractivity contribution in [3.8, 4) is 5.75 Å². The SMILES string of the molecule is Cc1ccc(OCc2nccc3c(C)c(C)n(Cc4ccc(F)cc4)c23)c(C)c1.Cl. The van der Waals surface area contributed by atoms with E-state index in [4.69, 9.17) is 4.74 Å². The van der Waals surface area contributed by atoms with Crippen molar-refractivity contribution in [2.24, 2.45) is 0 Å². The van der Waals surface area contributed by atoms with E-state index < -0.39 is 0 Å². The van der Waals surface area contributed by atoms with E-state index in [-0.39, 0.29) is 18.2 Å². The highest BCUT2D eigenvalue weighted by molar-refractivity contribution is 5.87. The Hall–Kier alpha value is -2.85. The van der Waals surface area contributed by atoms with Gasteiger partial charge in [0.05, 0.1) is 5.52 Å². The molecule has 4 rings (SSSR count). The molecule has 0 N–H and O–H groups in total. The van der Waals surface area contributed by atoms with Crippen molar-refractivity contribution in [2.45, 2.75) is 40.8 Å². The maximum absolute atomic E-state index is 13.3. The fourth-order valence-corrected chi connectivity index (χ4v) is 3.85. The molecule has 30 heavy (non-hydrogen) atoms. The average molecular weight is 425 g/mol. The van der Waals surface area contributed by atoms with Crippen molar-refractivity contribution < 1.29 is 9.13 Å². The summed E-state index contributed by atoms with van der Waals surface area (Å²) in [6, 6.07) is 14.9. The van der Waals surface area contributed by atoms with Crippen molar-refractivity contribution in [3.63, 3.8) is 0 Å². The Labute approximate surface area is 182 Å². The number of pyridine rings is 1. The number of aromatic nitrogens is 2. The van der Waals surface area contributed by atoms with Gasteiger partial charge >= 0.3 is 0 Å². The number of aryl methyl sites for hydroxylation is 3. The summed E-state index contributed by atoms with van der Waals surface area (Å²) in [5.74, 6) is 0.655. The fourth-order valence-electron chi connectivity index (χ4n) is 3.85. The Morgan fingerprint density at radius 2 is 1.70 bits per heavy atom. The van der Waals surface area contributed by atoms with Gasteiger partial charge in [0, 0.05) is 23.8 Å². The predicted molar refractivity (Wildman–Crippen MR) is 122 cm³/mol. The van der Waals surface area contributed by atoms with Gasteiger partial charge in [0.2, 0.25) is 0 Å². The predicted octanol–water partition coefficient (Wildman–Crippen LogP) is 6.46. The summed E-state index contributed by atoms with van der Waals surface area (Å²) in [6.45, 7) is 9.45. The van der Waals surface area contributed by atoms with E-state index in [1.807, 2.05) is 24.4 Å². The van der Waals surface area contributed by atoms with Crippen molar-refractivity contribution >= 4 is 23.3 Å². The van der Waals surface area contributed by atoms with E-state index in [0.717, 1.165) is 28.1 Å². The van der Waals surface area contributed by atoms with Crippen LogP contribution < -0.4 is 4.74 Å². The Morgan fingerprint density at radius 1 is 0.967 bits per heavy atom. The van der Waals surface area contributed by atoms with Gasteiger partial charge in [-0.1, -0.05) is 29.8 Å². The molecule has 0 bridgehead atoms. The van der Waals surface area contributed by atoms with Gasteiger partial charge in [0.1, 0.15) is 23.9 Å². The van der Waals surface area contributed by atoms with E-state index in [1.165, 1.54) is 34.3 Å². The highest BCUT2D eigenvalue weighted by Crippen LogP contribution is 2.29. The molecule has 0 fully saturated rings. The first kappa shape index (κ1) is 21.8. The zero-order valence-corrected chi connectivity index (χ0v) is 18.5. The molecule has 156 valence electrons. The Kier molecular flexibility index (Phi) is 6.47. The fraction of sp³-hybridized carbons (Fsp3) is 0.240. The van der Waals surface area contributed by atoms with Crippen LogP contribution in [0.25, 0.3) is 10.9 Å². The van der Waals surface area contributed by atoms with E-state index in [0.29, 0.717) is 13.2 Å². The largest absolute Gasteiger partial charge is 0.487 e. The molecular formula is C25H26ClFN2O. The normalized spacial score (nSPS) is 10.8. The molecule has 5 heteroatoms. The minimum atomic E-state index is -0.219. The van der Waals surface area contributed by atoms with Gasteiger partial charge in [0.25, 0.3) is 0 Å². The van der Waals surface area contributed by atoms with Crippen LogP contribution in [0.4, 0.5) is 4.39 Å². The first-order valence-electron chi connectivity index (χ1n) is 9.82. The minimum absolute atomic E-state index is 0. The van der Waals surface area contributed by atoms with Crippen LogP contribution in [-0.2, 0) is 13.2 Å². The topological polar surface area (TPSA) is 27.1 Å². The van der Waals surface area contributed by atoms with Gasteiger partial charge in [0.15, 0.2) is 0 Å². The van der Waals surface area contributed by atoms with E-state index in [2.05, 4.69) is 55.4 Å². The summed E-state index contributed by atoms with van der Waals surface area (Å²) in [5.41, 5.74) is 7.79. The molecule has 0 radical (unpaired) electrons. The standard InChI is InChI=1S/C25H25FN2O.ClH/c1-16-5-10-24(17(2)13-16)29-15-23-25-22(11-12-27-23)18(3)19(4)28(25)14-20-6-8-21(26)9-7-20;/h5-13H,14-15H2,1-4H3;1H. The third-order valence-corrected chi connectivity index (χ3v) is 5.57. The quantitative estimate of drug-likeness (QED) is 0.367. The Bertz CT molecular complexity index is 1180. The van der Waals surface area contributed by atoms with Crippen LogP contribution in [0.5, 0.6) is 5.75 Å². The number of hydrogen-bond donors (Lipinski definition) is 0. The Balaban J connectivity index is 0.00000256. The molecule has 0 aliphatic carbocycles. The molecule has 2 heterocycles. The van der Waals surface area contributed by atoms with Gasteiger partial charge in [-0.3, -0.25) is 4.98 Å². The summed E-state index contributed by atoms with van der Waals surface area (Å²) in [7, 11) is 0. The molecule has 0 spiro atoms. The number of rotatable bonds is 5. The number of nitrogens with zero attached hydrogens (tertiary/aromatic N) is 2. The summed E-state index contributed by atoms with van der Waals surface area (Å²) in [5, 5.41) is 1.18. The van der Waals surface area contributed by atoms with Gasteiger partial charge in [-0.2, -0.15) is 0 Å². The van der Waals surface area contributed by atoms with Crippen LogP contribution in [0.3, 0.4) is 0 Å². The minimum Gasteiger partial charge on any atom is -0.487 e.